The van der Waals surface area contributed by atoms with Crippen LogP contribution in [-0.2, 0) is 4.79 Å². The lowest BCUT2D eigenvalue weighted by molar-refractivity contribution is -0.104. The van der Waals surface area contributed by atoms with Crippen LogP contribution in [0.4, 0.5) is 0 Å². The minimum absolute atomic E-state index is 0.162. The molecule has 1 rings (SSSR count). The highest BCUT2D eigenvalue weighted by molar-refractivity contribution is 5.79. The van der Waals surface area contributed by atoms with Crippen LogP contribution in [0.3, 0.4) is 0 Å². The van der Waals surface area contributed by atoms with Crippen molar-refractivity contribution in [3.8, 4) is 6.07 Å². The van der Waals surface area contributed by atoms with Crippen molar-refractivity contribution in [2.45, 2.75) is 6.42 Å². The zero-order valence-corrected chi connectivity index (χ0v) is 7.10. The van der Waals surface area contributed by atoms with Gasteiger partial charge in [-0.25, -0.2) is 0 Å². The molecule has 0 saturated carbocycles. The highest BCUT2D eigenvalue weighted by Crippen LogP contribution is 2.09. The molecule has 0 aromatic rings. The molecule has 1 aliphatic carbocycles. The zero-order valence-electron chi connectivity index (χ0n) is 7.10. The van der Waals surface area contributed by atoms with Crippen molar-refractivity contribution in [1.82, 2.24) is 0 Å². The van der Waals surface area contributed by atoms with E-state index in [1.54, 1.807) is 6.08 Å². The summed E-state index contributed by atoms with van der Waals surface area (Å²) in [5.41, 5.74) is 1.13. The van der Waals surface area contributed by atoms with Crippen LogP contribution in [0, 0.1) is 11.3 Å². The first-order valence-corrected chi connectivity index (χ1v) is 3.96. The van der Waals surface area contributed by atoms with Gasteiger partial charge in [0.2, 0.25) is 0 Å². The van der Waals surface area contributed by atoms with E-state index in [9.17, 15) is 4.79 Å². The molecule has 0 atom stereocenters. The Morgan fingerprint density at radius 3 is 3.00 bits per heavy atom. The van der Waals surface area contributed by atoms with Crippen molar-refractivity contribution in [2.75, 3.05) is 0 Å². The van der Waals surface area contributed by atoms with Crippen molar-refractivity contribution in [1.29, 1.82) is 5.26 Å². The summed E-state index contributed by atoms with van der Waals surface area (Å²) < 4.78 is 0. The molecule has 13 heavy (non-hydrogen) atoms. The second kappa shape index (κ2) is 4.89. The van der Waals surface area contributed by atoms with E-state index in [4.69, 9.17) is 5.26 Å². The number of nitriles is 1. The summed E-state index contributed by atoms with van der Waals surface area (Å²) in [7, 11) is 0. The van der Waals surface area contributed by atoms with E-state index in [1.807, 2.05) is 36.4 Å². The lowest BCUT2D eigenvalue weighted by atomic mass is 10.1. The van der Waals surface area contributed by atoms with Gasteiger partial charge in [-0.3, -0.25) is 4.79 Å². The Hall–Kier alpha value is -1.88. The summed E-state index contributed by atoms with van der Waals surface area (Å²) in [5.74, 6) is 0. The van der Waals surface area contributed by atoms with E-state index in [0.29, 0.717) is 6.29 Å². The van der Waals surface area contributed by atoms with E-state index in [0.717, 1.165) is 12.0 Å². The summed E-state index contributed by atoms with van der Waals surface area (Å²) >= 11 is 0. The average Bonchev–Trinajstić information content (AvgIpc) is 2.42. The first kappa shape index (κ1) is 9.21. The van der Waals surface area contributed by atoms with Crippen LogP contribution in [0.2, 0.25) is 0 Å². The van der Waals surface area contributed by atoms with E-state index in [1.165, 1.54) is 0 Å². The molecule has 0 aromatic heterocycles. The summed E-state index contributed by atoms with van der Waals surface area (Å²) in [6.07, 6.45) is 12.5. The maximum absolute atomic E-state index is 10.3. The van der Waals surface area contributed by atoms with Gasteiger partial charge in [0.25, 0.3) is 0 Å². The molecule has 0 unspecified atom stereocenters. The van der Waals surface area contributed by atoms with Crippen LogP contribution in [0.1, 0.15) is 6.42 Å². The van der Waals surface area contributed by atoms with Gasteiger partial charge in [-0.1, -0.05) is 30.4 Å². The van der Waals surface area contributed by atoms with Gasteiger partial charge < -0.3 is 0 Å². The fourth-order valence-electron chi connectivity index (χ4n) is 0.993. The van der Waals surface area contributed by atoms with E-state index in [2.05, 4.69) is 0 Å². The van der Waals surface area contributed by atoms with Gasteiger partial charge in [0, 0.05) is 0 Å². The maximum Gasteiger partial charge on any atom is 0.160 e. The standard InChI is InChI=1S/C11H9NO/c12-8-11(9-13)7-10-5-3-1-2-4-6-10/h1-5,7,9H,6H2/b11-7+. The number of nitrogens with zero attached hydrogens (tertiary/aromatic N) is 1. The highest BCUT2D eigenvalue weighted by Gasteiger charge is 1.95. The van der Waals surface area contributed by atoms with E-state index in [-0.39, 0.29) is 5.57 Å². The minimum Gasteiger partial charge on any atom is -0.297 e. The summed E-state index contributed by atoms with van der Waals surface area (Å²) in [5, 5.41) is 8.51. The van der Waals surface area contributed by atoms with Crippen molar-refractivity contribution in [2.24, 2.45) is 0 Å². The van der Waals surface area contributed by atoms with Crippen molar-refractivity contribution >= 4 is 6.29 Å². The molecule has 0 spiro atoms. The van der Waals surface area contributed by atoms with Crippen LogP contribution in [-0.4, -0.2) is 6.29 Å². The van der Waals surface area contributed by atoms with Gasteiger partial charge in [-0.2, -0.15) is 5.26 Å². The molecule has 0 heterocycles. The molecule has 2 heteroatoms. The van der Waals surface area contributed by atoms with Gasteiger partial charge in [0.05, 0.1) is 5.57 Å². The summed E-state index contributed by atoms with van der Waals surface area (Å²) in [6.45, 7) is 0. The molecule has 0 N–H and O–H groups in total. The van der Waals surface area contributed by atoms with Crippen LogP contribution in [0.15, 0.2) is 47.6 Å². The number of aldehydes is 1. The number of allylic oxidation sites excluding steroid dienone is 8. The van der Waals surface area contributed by atoms with Crippen molar-refractivity contribution < 1.29 is 4.79 Å². The lowest BCUT2D eigenvalue weighted by Crippen LogP contribution is -1.82. The zero-order chi connectivity index (χ0) is 9.52. The summed E-state index contributed by atoms with van der Waals surface area (Å²) in [6, 6.07) is 1.82. The van der Waals surface area contributed by atoms with Crippen LogP contribution < -0.4 is 0 Å². The molecular formula is C11H9NO. The normalized spacial score (nSPS) is 15.9. The second-order valence-corrected chi connectivity index (χ2v) is 2.59. The first-order chi connectivity index (χ1) is 6.36. The van der Waals surface area contributed by atoms with Crippen molar-refractivity contribution in [3.05, 3.63) is 47.6 Å². The smallest absolute Gasteiger partial charge is 0.160 e. The Bertz CT molecular complexity index is 351. The fourth-order valence-corrected chi connectivity index (χ4v) is 0.993. The molecule has 0 radical (unpaired) electrons. The predicted octanol–water partition coefficient (Wildman–Crippen LogP) is 2.08. The van der Waals surface area contributed by atoms with Gasteiger partial charge in [-0.05, 0) is 18.1 Å². The van der Waals surface area contributed by atoms with E-state index >= 15 is 0 Å². The maximum atomic E-state index is 10.3. The molecule has 2 nitrogen and oxygen atoms in total. The number of carbonyl (C=O) groups is 1. The molecule has 64 valence electrons. The first-order valence-electron chi connectivity index (χ1n) is 3.96. The molecule has 1 aliphatic rings. The number of rotatable bonds is 2. The molecule has 0 aliphatic heterocycles. The Balaban J connectivity index is 2.85. The number of hydrogen-bond donors (Lipinski definition) is 0. The third-order valence-corrected chi connectivity index (χ3v) is 1.62. The highest BCUT2D eigenvalue weighted by atomic mass is 16.1. The Kier molecular flexibility index (Phi) is 3.46. The number of carbonyl (C=O) groups excluding carboxylic acids is 1. The van der Waals surface area contributed by atoms with Crippen LogP contribution in [0.5, 0.6) is 0 Å². The van der Waals surface area contributed by atoms with Gasteiger partial charge >= 0.3 is 0 Å². The van der Waals surface area contributed by atoms with Crippen molar-refractivity contribution in [3.63, 3.8) is 0 Å². The van der Waals surface area contributed by atoms with Gasteiger partial charge in [0.15, 0.2) is 6.29 Å². The fraction of sp³-hybridized carbons (Fsp3) is 0.0909. The molecule has 0 amide bonds. The van der Waals surface area contributed by atoms with Crippen LogP contribution in [0.25, 0.3) is 0 Å². The largest absolute Gasteiger partial charge is 0.297 e. The lowest BCUT2D eigenvalue weighted by Gasteiger charge is -1.93. The Labute approximate surface area is 77.2 Å². The average molecular weight is 171 g/mol. The topological polar surface area (TPSA) is 40.9 Å². The Morgan fingerprint density at radius 1 is 1.46 bits per heavy atom. The quantitative estimate of drug-likeness (QED) is 0.362. The predicted molar refractivity (Wildman–Crippen MR) is 50.7 cm³/mol. The SMILES string of the molecule is N#C/C(C=O)=C\C1=CC=CC=CC1. The van der Waals surface area contributed by atoms with Gasteiger partial charge in [0.1, 0.15) is 6.07 Å². The molecule has 0 aromatic carbocycles. The van der Waals surface area contributed by atoms with E-state index < -0.39 is 0 Å². The molecule has 0 saturated heterocycles. The number of hydrogen-bond acceptors (Lipinski definition) is 2. The minimum atomic E-state index is 0.162. The summed E-state index contributed by atoms with van der Waals surface area (Å²) in [4.78, 5) is 10.3. The van der Waals surface area contributed by atoms with Crippen LogP contribution >= 0.6 is 0 Å². The molecular weight excluding hydrogens is 162 g/mol. The third-order valence-electron chi connectivity index (χ3n) is 1.62. The Morgan fingerprint density at radius 2 is 2.31 bits per heavy atom. The monoisotopic (exact) mass is 171 g/mol. The molecule has 0 bridgehead atoms. The van der Waals surface area contributed by atoms with Gasteiger partial charge in [-0.15, -0.1) is 0 Å². The molecule has 0 fully saturated rings. The third kappa shape index (κ3) is 2.92. The second-order valence-electron chi connectivity index (χ2n) is 2.59.